The van der Waals surface area contributed by atoms with Gasteiger partial charge in [0.25, 0.3) is 5.91 Å². The second-order valence-electron chi connectivity index (χ2n) is 15.7. The molecule has 13 nitrogen and oxygen atoms in total. The Morgan fingerprint density at radius 3 is 2.72 bits per heavy atom. The molecule has 1 atom stereocenters. The van der Waals surface area contributed by atoms with Crippen molar-refractivity contribution in [3.63, 3.8) is 0 Å². The minimum atomic E-state index is -0.869. The van der Waals surface area contributed by atoms with Gasteiger partial charge in [-0.15, -0.1) is 11.3 Å². The summed E-state index contributed by atoms with van der Waals surface area (Å²) < 4.78 is 12.9. The van der Waals surface area contributed by atoms with Crippen molar-refractivity contribution >= 4 is 44.7 Å². The number of aromatic nitrogens is 2. The van der Waals surface area contributed by atoms with Gasteiger partial charge in [0.1, 0.15) is 17.0 Å². The zero-order valence-corrected chi connectivity index (χ0v) is 34.5. The summed E-state index contributed by atoms with van der Waals surface area (Å²) >= 11 is 2.48. The predicted molar refractivity (Wildman–Crippen MR) is 222 cm³/mol. The van der Waals surface area contributed by atoms with Crippen molar-refractivity contribution in [1.82, 2.24) is 30.0 Å². The minimum absolute atomic E-state index is 0.00513. The molecule has 2 aromatic heterocycles. The van der Waals surface area contributed by atoms with Gasteiger partial charge >= 0.3 is 4.87 Å². The van der Waals surface area contributed by atoms with Gasteiger partial charge < -0.3 is 39.8 Å². The van der Waals surface area contributed by atoms with Crippen molar-refractivity contribution in [3.8, 4) is 5.75 Å². The predicted octanol–water partition coefficient (Wildman–Crippen LogP) is 5.00. The highest BCUT2D eigenvalue weighted by Gasteiger charge is 2.41. The van der Waals surface area contributed by atoms with Crippen LogP contribution in [-0.2, 0) is 27.2 Å². The van der Waals surface area contributed by atoms with Crippen molar-refractivity contribution in [2.24, 2.45) is 0 Å². The van der Waals surface area contributed by atoms with Crippen LogP contribution in [0.25, 0.3) is 10.2 Å². The number of ether oxygens (including phenoxy) is 2. The zero-order chi connectivity index (χ0) is 39.8. The van der Waals surface area contributed by atoms with Crippen molar-refractivity contribution in [3.05, 3.63) is 78.8 Å². The average molecular weight is 821 g/mol. The van der Waals surface area contributed by atoms with Crippen LogP contribution in [0, 0.1) is 6.92 Å². The molecule has 2 aromatic carbocycles. The average Bonchev–Trinajstić information content (AvgIpc) is 3.84. The van der Waals surface area contributed by atoms with E-state index in [1.165, 1.54) is 35.0 Å². The third kappa shape index (κ3) is 10.7. The van der Waals surface area contributed by atoms with E-state index in [-0.39, 0.29) is 40.6 Å². The van der Waals surface area contributed by atoms with Crippen LogP contribution in [0.4, 0.5) is 0 Å². The molecule has 1 unspecified atom stereocenters. The summed E-state index contributed by atoms with van der Waals surface area (Å²) in [4.78, 5) is 51.7. The lowest BCUT2D eigenvalue weighted by atomic mass is 9.89. The molecule has 2 aliphatic heterocycles. The number of carbonyl (C=O) groups excluding carboxylic acids is 2. The monoisotopic (exact) mass is 820 g/mol. The van der Waals surface area contributed by atoms with E-state index >= 15 is 0 Å². The molecule has 57 heavy (non-hydrogen) atoms. The van der Waals surface area contributed by atoms with E-state index < -0.39 is 6.10 Å². The maximum absolute atomic E-state index is 13.5. The van der Waals surface area contributed by atoms with E-state index in [1.54, 1.807) is 6.07 Å². The molecular weight excluding hydrogens is 765 g/mol. The van der Waals surface area contributed by atoms with Crippen LogP contribution in [0.2, 0.25) is 0 Å². The van der Waals surface area contributed by atoms with Gasteiger partial charge in [-0.1, -0.05) is 60.9 Å². The molecule has 7 rings (SSSR count). The highest BCUT2D eigenvalue weighted by molar-refractivity contribution is 7.16. The molecule has 15 heteroatoms. The number of hydrogen-bond acceptors (Lipinski definition) is 12. The van der Waals surface area contributed by atoms with Gasteiger partial charge in [-0.25, -0.2) is 4.98 Å². The SMILES string of the molecule is Cc1nc(C(=O)N2CCOC3(CCN(Cc4cccc(CCOCCC(=O)N(CCNCC(O)c5ccc(O)c6[nH]c(=O)sc56)C5CCCCC5)c4)CC3)C2)cs1. The molecule has 4 heterocycles. The number of aliphatic hydroxyl groups excluding tert-OH is 1. The smallest absolute Gasteiger partial charge is 0.305 e. The first kappa shape index (κ1) is 41.5. The molecule has 0 radical (unpaired) electrons. The third-order valence-corrected chi connectivity index (χ3v) is 13.4. The fraction of sp³-hybridized carbons (Fsp3) is 0.571. The number of hydrogen-bond donors (Lipinski definition) is 4. The lowest BCUT2D eigenvalue weighted by Gasteiger charge is -2.47. The number of aromatic hydroxyl groups is 1. The van der Waals surface area contributed by atoms with Gasteiger partial charge in [-0.3, -0.25) is 19.3 Å². The fourth-order valence-corrected chi connectivity index (χ4v) is 10.1. The number of rotatable bonds is 16. The number of fused-ring (bicyclic) bond motifs is 1. The first-order valence-electron chi connectivity index (χ1n) is 20.4. The molecule has 1 saturated carbocycles. The van der Waals surface area contributed by atoms with Crippen molar-refractivity contribution in [2.45, 2.75) is 89.0 Å². The number of morpholine rings is 1. The maximum atomic E-state index is 13.5. The van der Waals surface area contributed by atoms with Gasteiger partial charge in [0.05, 0.1) is 54.2 Å². The lowest BCUT2D eigenvalue weighted by Crippen LogP contribution is -2.58. The summed E-state index contributed by atoms with van der Waals surface area (Å²) in [5.74, 6) is 0.0812. The van der Waals surface area contributed by atoms with E-state index in [0.717, 1.165) is 80.9 Å². The van der Waals surface area contributed by atoms with Crippen LogP contribution < -0.4 is 10.2 Å². The number of aromatic amines is 1. The Kier molecular flexibility index (Phi) is 14.1. The van der Waals surface area contributed by atoms with Gasteiger partial charge in [-0.2, -0.15) is 0 Å². The number of nitrogens with zero attached hydrogens (tertiary/aromatic N) is 4. The Hall–Kier alpha value is -3.70. The molecule has 308 valence electrons. The van der Waals surface area contributed by atoms with Crippen molar-refractivity contribution in [2.75, 3.05) is 65.6 Å². The maximum Gasteiger partial charge on any atom is 0.305 e. The number of thiazole rings is 2. The van der Waals surface area contributed by atoms with E-state index in [9.17, 15) is 24.6 Å². The van der Waals surface area contributed by atoms with Crippen molar-refractivity contribution < 1.29 is 29.3 Å². The second kappa shape index (κ2) is 19.4. The van der Waals surface area contributed by atoms with Gasteiger partial charge in [0.15, 0.2) is 0 Å². The van der Waals surface area contributed by atoms with Gasteiger partial charge in [0, 0.05) is 62.8 Å². The lowest BCUT2D eigenvalue weighted by molar-refractivity contribution is -0.135. The minimum Gasteiger partial charge on any atom is -0.506 e. The number of benzene rings is 2. The number of amides is 2. The summed E-state index contributed by atoms with van der Waals surface area (Å²) in [6.45, 7) is 8.63. The molecular formula is C42H56N6O7S2. The topological polar surface area (TPSA) is 161 Å². The van der Waals surface area contributed by atoms with E-state index in [2.05, 4.69) is 44.5 Å². The molecule has 4 aromatic rings. The molecule has 0 bridgehead atoms. The van der Waals surface area contributed by atoms with Gasteiger partial charge in [-0.05, 0) is 56.2 Å². The summed E-state index contributed by atoms with van der Waals surface area (Å²) in [7, 11) is 0. The fourth-order valence-electron chi connectivity index (χ4n) is 8.55. The number of likely N-dealkylation sites (tertiary alicyclic amines) is 1. The Morgan fingerprint density at radius 1 is 1.12 bits per heavy atom. The van der Waals surface area contributed by atoms with Crippen molar-refractivity contribution in [1.29, 1.82) is 0 Å². The molecule has 1 spiro atoms. The van der Waals surface area contributed by atoms with Crippen LogP contribution in [0.1, 0.15) is 89.7 Å². The Labute approximate surface area is 342 Å². The molecule has 1 aliphatic carbocycles. The number of aryl methyl sites for hydroxylation is 1. The number of phenols is 1. The normalized spacial score (nSPS) is 18.3. The van der Waals surface area contributed by atoms with Crippen LogP contribution in [0.5, 0.6) is 5.75 Å². The zero-order valence-electron chi connectivity index (χ0n) is 32.9. The number of carbonyl (C=O) groups is 2. The second-order valence-corrected chi connectivity index (χ2v) is 17.8. The standard InChI is InChI=1S/C42H56N6O7S2/c1-29-44-34(27-56-29)40(52)47-20-23-55-42(28-47)14-17-46(18-15-42)26-31-7-5-6-30(24-31)12-21-54-22-13-37(51)48(32-8-3-2-4-9-32)19-16-43-25-36(50)33-10-11-35(49)38-39(33)57-41(53)45-38/h5-7,10-11,24,27,32,36,43,49-50H,2-4,8-9,12-23,25-26,28H2,1H3,(H,45,53). The number of aliphatic hydroxyl groups is 1. The van der Waals surface area contributed by atoms with E-state index in [0.29, 0.717) is 73.9 Å². The summed E-state index contributed by atoms with van der Waals surface area (Å²) in [5, 5.41) is 27.1. The molecule has 4 N–H and O–H groups in total. The van der Waals surface area contributed by atoms with Crippen LogP contribution in [-0.4, -0.2) is 124 Å². The largest absolute Gasteiger partial charge is 0.506 e. The summed E-state index contributed by atoms with van der Waals surface area (Å²) in [6, 6.07) is 12.0. The van der Waals surface area contributed by atoms with Crippen LogP contribution in [0.3, 0.4) is 0 Å². The molecule has 3 fully saturated rings. The highest BCUT2D eigenvalue weighted by atomic mass is 32.1. The van der Waals surface area contributed by atoms with E-state index in [4.69, 9.17) is 9.47 Å². The summed E-state index contributed by atoms with van der Waals surface area (Å²) in [5.41, 5.74) is 3.65. The highest BCUT2D eigenvalue weighted by Crippen LogP contribution is 2.33. The Balaban J connectivity index is 0.822. The Bertz CT molecular complexity index is 2020. The van der Waals surface area contributed by atoms with Crippen LogP contribution in [0.15, 0.2) is 46.6 Å². The summed E-state index contributed by atoms with van der Waals surface area (Å²) in [6.07, 6.45) is 7.45. The number of piperidine rings is 1. The first-order chi connectivity index (χ1) is 27.7. The number of nitrogens with one attached hydrogen (secondary N) is 2. The van der Waals surface area contributed by atoms with Crippen LogP contribution >= 0.6 is 22.7 Å². The Morgan fingerprint density at radius 2 is 1.93 bits per heavy atom. The van der Waals surface area contributed by atoms with Gasteiger partial charge in [0.2, 0.25) is 5.91 Å². The molecule has 3 aliphatic rings. The number of phenolic OH excluding ortho intramolecular Hbond substituents is 1. The molecule has 2 saturated heterocycles. The first-order valence-corrected chi connectivity index (χ1v) is 22.1. The quantitative estimate of drug-likeness (QED) is 0.113. The third-order valence-electron chi connectivity index (χ3n) is 11.7. The van der Waals surface area contributed by atoms with E-state index in [1.807, 2.05) is 22.1 Å². The number of H-pyrrole nitrogens is 1. The molecule has 2 amide bonds.